The quantitative estimate of drug-likeness (QED) is 0.373. The lowest BCUT2D eigenvalue weighted by Gasteiger charge is -1.98. The fourth-order valence-corrected chi connectivity index (χ4v) is 1.04. The zero-order valence-electron chi connectivity index (χ0n) is 7.68. The summed E-state index contributed by atoms with van der Waals surface area (Å²) in [5, 5.41) is 24.2. The van der Waals surface area contributed by atoms with Gasteiger partial charge in [-0.3, -0.25) is 10.1 Å². The molecule has 0 atom stereocenters. The molecule has 0 fully saturated rings. The van der Waals surface area contributed by atoms with Crippen molar-refractivity contribution < 1.29 is 9.78 Å². The van der Waals surface area contributed by atoms with Gasteiger partial charge in [0.2, 0.25) is 0 Å². The van der Waals surface area contributed by atoms with Crippen LogP contribution in [0.3, 0.4) is 0 Å². The third-order valence-electron chi connectivity index (χ3n) is 1.46. The predicted molar refractivity (Wildman–Crippen MR) is 53.7 cm³/mol. The van der Waals surface area contributed by atoms with E-state index in [-0.39, 0.29) is 10.7 Å². The van der Waals surface area contributed by atoms with Gasteiger partial charge in [0.1, 0.15) is 12.1 Å². The van der Waals surface area contributed by atoms with Gasteiger partial charge in [-0.15, -0.1) is 5.43 Å². The van der Waals surface area contributed by atoms with Crippen LogP contribution in [-0.2, 0) is 0 Å². The van der Waals surface area contributed by atoms with Crippen molar-refractivity contribution in [2.24, 2.45) is 5.22 Å². The summed E-state index contributed by atoms with van der Waals surface area (Å²) in [5.41, 5.74) is 2.41. The number of nitrogens with zero attached hydrogens (tertiary/aromatic N) is 3. The van der Waals surface area contributed by atoms with Crippen LogP contribution in [0, 0.1) is 15.3 Å². The monoisotopic (exact) mass is 230 g/mol. The van der Waals surface area contributed by atoms with Crippen LogP contribution < -0.4 is 5.43 Å². The summed E-state index contributed by atoms with van der Waals surface area (Å²) in [6, 6.07) is 4.01. The summed E-state index contributed by atoms with van der Waals surface area (Å²) in [4.78, 5) is 10.2. The van der Waals surface area contributed by atoms with Gasteiger partial charge in [0, 0.05) is 0 Å². The molecule has 0 aromatic heterocycles. The molecule has 7 nitrogen and oxygen atoms in total. The molecule has 8 heteroatoms. The van der Waals surface area contributed by atoms with Crippen molar-refractivity contribution in [2.75, 3.05) is 12.5 Å². The second-order valence-corrected chi connectivity index (χ2v) is 3.01. The lowest BCUT2D eigenvalue weighted by Crippen LogP contribution is -1.97. The first-order valence-electron chi connectivity index (χ1n) is 3.82. The summed E-state index contributed by atoms with van der Waals surface area (Å²) in [5.74, 6) is 0. The van der Waals surface area contributed by atoms with Gasteiger partial charge in [0.25, 0.3) is 5.69 Å². The standard InChI is InChI=1S/C7H7ClN4O3/c1-11(13)10-9-5-2-3-6(8)7(4-5)12(14)15/h2-4,9H,1H3/b11-10+. The SMILES string of the molecule is C/[N+]([O-])=N\Nc1ccc(Cl)c([N+](=O)[O-])c1. The van der Waals surface area contributed by atoms with E-state index in [1.54, 1.807) is 0 Å². The van der Waals surface area contributed by atoms with E-state index in [0.29, 0.717) is 10.5 Å². The highest BCUT2D eigenvalue weighted by atomic mass is 35.5. The Labute approximate surface area is 89.7 Å². The number of hydrogen-bond donors (Lipinski definition) is 1. The number of rotatable bonds is 3. The molecule has 0 aliphatic rings. The van der Waals surface area contributed by atoms with Crippen molar-refractivity contribution >= 4 is 23.0 Å². The molecule has 0 aliphatic heterocycles. The molecule has 0 unspecified atom stereocenters. The van der Waals surface area contributed by atoms with Crippen molar-refractivity contribution in [1.29, 1.82) is 0 Å². The number of anilines is 1. The zero-order chi connectivity index (χ0) is 11.4. The molecule has 1 aromatic rings. The van der Waals surface area contributed by atoms with E-state index in [4.69, 9.17) is 11.6 Å². The van der Waals surface area contributed by atoms with Crippen LogP contribution in [0.1, 0.15) is 0 Å². The molecule has 1 aromatic carbocycles. The Morgan fingerprint density at radius 2 is 2.13 bits per heavy atom. The molecule has 0 heterocycles. The maximum atomic E-state index is 10.5. The van der Waals surface area contributed by atoms with Crippen LogP contribution in [-0.4, -0.2) is 16.8 Å². The van der Waals surface area contributed by atoms with E-state index in [2.05, 4.69) is 10.6 Å². The van der Waals surface area contributed by atoms with Gasteiger partial charge in [0.05, 0.1) is 16.2 Å². The molecule has 15 heavy (non-hydrogen) atoms. The topological polar surface area (TPSA) is 93.6 Å². The average molecular weight is 231 g/mol. The lowest BCUT2D eigenvalue weighted by molar-refractivity contribution is -0.497. The summed E-state index contributed by atoms with van der Waals surface area (Å²) >= 11 is 5.58. The largest absolute Gasteiger partial charge is 0.696 e. The van der Waals surface area contributed by atoms with Gasteiger partial charge >= 0.3 is 0 Å². The Morgan fingerprint density at radius 3 is 2.67 bits per heavy atom. The number of benzene rings is 1. The van der Waals surface area contributed by atoms with E-state index in [1.165, 1.54) is 25.2 Å². The van der Waals surface area contributed by atoms with Crippen molar-refractivity contribution in [3.05, 3.63) is 38.5 Å². The first-order valence-corrected chi connectivity index (χ1v) is 4.20. The van der Waals surface area contributed by atoms with Crippen LogP contribution in [0.2, 0.25) is 5.02 Å². The number of nitrogens with one attached hydrogen (secondary N) is 1. The van der Waals surface area contributed by atoms with E-state index in [9.17, 15) is 15.3 Å². The summed E-state index contributed by atoms with van der Waals surface area (Å²) in [6.07, 6.45) is 0. The average Bonchev–Trinajstić information content (AvgIpc) is 2.16. The molecule has 0 amide bonds. The number of nitro groups is 1. The molecule has 1 rings (SSSR count). The van der Waals surface area contributed by atoms with Gasteiger partial charge in [-0.25, -0.2) is 0 Å². The van der Waals surface area contributed by atoms with Gasteiger partial charge in [0.15, 0.2) is 5.69 Å². The summed E-state index contributed by atoms with van der Waals surface area (Å²) in [6.45, 7) is 0. The molecular weight excluding hydrogens is 224 g/mol. The Morgan fingerprint density at radius 1 is 1.47 bits per heavy atom. The second kappa shape index (κ2) is 4.56. The molecular formula is C7H7ClN4O3. The van der Waals surface area contributed by atoms with Gasteiger partial charge in [-0.1, -0.05) is 11.6 Å². The fraction of sp³-hybridized carbons (Fsp3) is 0.143. The molecule has 1 N–H and O–H groups in total. The van der Waals surface area contributed by atoms with Gasteiger partial charge in [-0.05, 0) is 12.1 Å². The Kier molecular flexibility index (Phi) is 3.40. The normalized spacial score (nSPS) is 11.2. The highest BCUT2D eigenvalue weighted by Crippen LogP contribution is 2.27. The van der Waals surface area contributed by atoms with Crippen molar-refractivity contribution in [3.8, 4) is 0 Å². The maximum absolute atomic E-state index is 10.5. The van der Waals surface area contributed by atoms with E-state index < -0.39 is 4.92 Å². The Bertz CT molecular complexity index is 417. The van der Waals surface area contributed by atoms with Crippen molar-refractivity contribution in [3.63, 3.8) is 0 Å². The fourth-order valence-electron chi connectivity index (χ4n) is 0.850. The minimum Gasteiger partial charge on any atom is -0.696 e. The van der Waals surface area contributed by atoms with Crippen LogP contribution in [0.25, 0.3) is 0 Å². The third-order valence-corrected chi connectivity index (χ3v) is 1.78. The van der Waals surface area contributed by atoms with Gasteiger partial charge < -0.3 is 5.21 Å². The Hall–Kier alpha value is -1.89. The Balaban J connectivity index is 2.98. The number of nitro benzene ring substituents is 1. The number of halogens is 1. The predicted octanol–water partition coefficient (Wildman–Crippen LogP) is 2.17. The molecule has 0 aliphatic carbocycles. The second-order valence-electron chi connectivity index (χ2n) is 2.60. The molecule has 0 spiro atoms. The molecule has 0 saturated heterocycles. The number of hydroxylamine groups is 1. The van der Waals surface area contributed by atoms with Crippen molar-refractivity contribution in [2.45, 2.75) is 0 Å². The van der Waals surface area contributed by atoms with Crippen LogP contribution >= 0.6 is 11.6 Å². The first kappa shape index (κ1) is 11.2. The van der Waals surface area contributed by atoms with E-state index >= 15 is 0 Å². The van der Waals surface area contributed by atoms with E-state index in [1.807, 2.05) is 0 Å². The van der Waals surface area contributed by atoms with Gasteiger partial charge in [-0.2, -0.15) is 4.86 Å². The number of hydrogen-bond acceptors (Lipinski definition) is 4. The molecule has 0 saturated carbocycles. The van der Waals surface area contributed by atoms with Crippen molar-refractivity contribution in [1.82, 2.24) is 0 Å². The molecule has 0 bridgehead atoms. The van der Waals surface area contributed by atoms with Crippen LogP contribution in [0.4, 0.5) is 11.4 Å². The van der Waals surface area contributed by atoms with Crippen LogP contribution in [0.15, 0.2) is 23.4 Å². The minimum atomic E-state index is -0.617. The third kappa shape index (κ3) is 3.06. The summed E-state index contributed by atoms with van der Waals surface area (Å²) < 4.78 is 0. The maximum Gasteiger partial charge on any atom is 0.292 e. The van der Waals surface area contributed by atoms with Crippen LogP contribution in [0.5, 0.6) is 0 Å². The summed E-state index contributed by atoms with van der Waals surface area (Å²) in [7, 11) is 1.18. The highest BCUT2D eigenvalue weighted by Gasteiger charge is 2.13. The van der Waals surface area contributed by atoms with E-state index in [0.717, 1.165) is 0 Å². The minimum absolute atomic E-state index is 0.0287. The molecule has 0 radical (unpaired) electrons. The highest BCUT2D eigenvalue weighted by molar-refractivity contribution is 6.32. The zero-order valence-corrected chi connectivity index (χ0v) is 8.43. The smallest absolute Gasteiger partial charge is 0.292 e. The molecule has 80 valence electrons. The lowest BCUT2D eigenvalue weighted by atomic mass is 10.3. The first-order chi connectivity index (χ1) is 7.00.